The number of benzene rings is 3. The van der Waals surface area contributed by atoms with Crippen molar-refractivity contribution >= 4 is 23.4 Å². The fourth-order valence-corrected chi connectivity index (χ4v) is 3.89. The highest BCUT2D eigenvalue weighted by molar-refractivity contribution is 8.00. The van der Waals surface area contributed by atoms with Crippen molar-refractivity contribution < 1.29 is 18.7 Å². The minimum absolute atomic E-state index is 0.210. The minimum atomic E-state index is -0.591. The molecular formula is C24H21N3O4S. The summed E-state index contributed by atoms with van der Waals surface area (Å²) in [5, 5.41) is 10.9. The van der Waals surface area contributed by atoms with Crippen LogP contribution in [0.1, 0.15) is 10.8 Å². The fourth-order valence-electron chi connectivity index (χ4n) is 3.02. The Balaban J connectivity index is 1.56. The Bertz CT molecular complexity index is 1180. The third-order valence-corrected chi connectivity index (χ3v) is 5.73. The lowest BCUT2D eigenvalue weighted by molar-refractivity contribution is -0.115. The lowest BCUT2D eigenvalue weighted by Gasteiger charge is -2.15. The molecule has 162 valence electrons. The maximum atomic E-state index is 13.2. The lowest BCUT2D eigenvalue weighted by atomic mass is 10.1. The number of nitrogens with one attached hydrogen (secondary N) is 1. The first-order chi connectivity index (χ1) is 15.7. The predicted molar refractivity (Wildman–Crippen MR) is 123 cm³/mol. The maximum Gasteiger partial charge on any atom is 0.277 e. The van der Waals surface area contributed by atoms with Crippen molar-refractivity contribution in [2.45, 2.75) is 10.5 Å². The van der Waals surface area contributed by atoms with Gasteiger partial charge in [-0.1, -0.05) is 36.4 Å². The van der Waals surface area contributed by atoms with Crippen LogP contribution in [0.2, 0.25) is 0 Å². The van der Waals surface area contributed by atoms with Crippen molar-refractivity contribution in [1.82, 2.24) is 10.2 Å². The number of carbonyl (C=O) groups is 1. The van der Waals surface area contributed by atoms with Gasteiger partial charge in [-0.05, 0) is 53.7 Å². The number of methoxy groups -OCH3 is 2. The zero-order chi connectivity index (χ0) is 22.3. The molecule has 1 heterocycles. The number of amides is 1. The molecule has 32 heavy (non-hydrogen) atoms. The number of carbonyl (C=O) groups excluding carboxylic acids is 1. The van der Waals surface area contributed by atoms with Gasteiger partial charge in [0.15, 0.2) is 0 Å². The Labute approximate surface area is 189 Å². The molecule has 0 aliphatic heterocycles. The average molecular weight is 448 g/mol. The van der Waals surface area contributed by atoms with E-state index < -0.39 is 5.25 Å². The second-order valence-electron chi connectivity index (χ2n) is 6.73. The van der Waals surface area contributed by atoms with E-state index in [9.17, 15) is 4.79 Å². The molecule has 7 nitrogen and oxygen atoms in total. The van der Waals surface area contributed by atoms with Gasteiger partial charge in [0.25, 0.3) is 5.22 Å². The molecule has 4 aromatic rings. The minimum Gasteiger partial charge on any atom is -0.497 e. The molecule has 0 saturated heterocycles. The van der Waals surface area contributed by atoms with Crippen molar-refractivity contribution in [2.75, 3.05) is 19.5 Å². The molecule has 0 spiro atoms. The molecule has 0 unspecified atom stereocenters. The summed E-state index contributed by atoms with van der Waals surface area (Å²) in [7, 11) is 3.19. The van der Waals surface area contributed by atoms with Gasteiger partial charge in [0.1, 0.15) is 16.7 Å². The van der Waals surface area contributed by atoms with Gasteiger partial charge in [-0.3, -0.25) is 4.79 Å². The van der Waals surface area contributed by atoms with Crippen LogP contribution in [0.25, 0.3) is 11.5 Å². The summed E-state index contributed by atoms with van der Waals surface area (Å²) in [6.45, 7) is 0. The van der Waals surface area contributed by atoms with Crippen molar-refractivity contribution in [2.24, 2.45) is 0 Å². The van der Waals surface area contributed by atoms with E-state index in [-0.39, 0.29) is 5.91 Å². The first-order valence-corrected chi connectivity index (χ1v) is 10.7. The van der Waals surface area contributed by atoms with Gasteiger partial charge in [-0.2, -0.15) is 0 Å². The standard InChI is InChI=1S/C24H21N3O4S/c1-29-19-13-11-17(12-14-19)23-26-27-24(31-23)32-21(16-7-4-3-5-8-16)22(28)25-18-9-6-10-20(15-18)30-2/h3-15,21H,1-2H3,(H,25,28)/t21-/m0/s1. The SMILES string of the molecule is COc1ccc(-c2nnc(S[C@H](C(=O)Nc3cccc(OC)c3)c3ccccc3)o2)cc1. The normalized spacial score (nSPS) is 11.6. The Hall–Kier alpha value is -3.78. The van der Waals surface area contributed by atoms with Gasteiger partial charge in [-0.15, -0.1) is 10.2 Å². The Morgan fingerprint density at radius 2 is 1.66 bits per heavy atom. The molecule has 1 N–H and O–H groups in total. The highest BCUT2D eigenvalue weighted by Gasteiger charge is 2.25. The van der Waals surface area contributed by atoms with E-state index in [1.165, 1.54) is 11.8 Å². The van der Waals surface area contributed by atoms with Crippen LogP contribution in [0.5, 0.6) is 11.5 Å². The zero-order valence-corrected chi connectivity index (χ0v) is 18.3. The zero-order valence-electron chi connectivity index (χ0n) is 17.5. The maximum absolute atomic E-state index is 13.2. The first-order valence-electron chi connectivity index (χ1n) is 9.80. The van der Waals surface area contributed by atoms with E-state index in [0.29, 0.717) is 22.6 Å². The van der Waals surface area contributed by atoms with E-state index in [0.717, 1.165) is 16.9 Å². The Morgan fingerprint density at radius 1 is 0.906 bits per heavy atom. The molecule has 0 aliphatic rings. The molecule has 1 amide bonds. The van der Waals surface area contributed by atoms with Crippen LogP contribution >= 0.6 is 11.8 Å². The summed E-state index contributed by atoms with van der Waals surface area (Å²) in [5.74, 6) is 1.56. The quantitative estimate of drug-likeness (QED) is 0.370. The highest BCUT2D eigenvalue weighted by atomic mass is 32.2. The second kappa shape index (κ2) is 10.0. The van der Waals surface area contributed by atoms with Gasteiger partial charge in [0, 0.05) is 17.3 Å². The van der Waals surface area contributed by atoms with Gasteiger partial charge < -0.3 is 19.2 Å². The number of aromatic nitrogens is 2. The largest absolute Gasteiger partial charge is 0.497 e. The highest BCUT2D eigenvalue weighted by Crippen LogP contribution is 2.37. The Kier molecular flexibility index (Phi) is 6.72. The molecule has 4 rings (SSSR count). The van der Waals surface area contributed by atoms with Crippen molar-refractivity contribution in [1.29, 1.82) is 0 Å². The number of hydrogen-bond acceptors (Lipinski definition) is 7. The molecule has 1 aromatic heterocycles. The van der Waals surface area contributed by atoms with Crippen LogP contribution in [-0.4, -0.2) is 30.3 Å². The molecule has 8 heteroatoms. The van der Waals surface area contributed by atoms with E-state index in [2.05, 4.69) is 15.5 Å². The van der Waals surface area contributed by atoms with E-state index in [4.69, 9.17) is 13.9 Å². The third-order valence-electron chi connectivity index (χ3n) is 4.64. The first kappa shape index (κ1) is 21.5. The van der Waals surface area contributed by atoms with Crippen LogP contribution < -0.4 is 14.8 Å². The van der Waals surface area contributed by atoms with Gasteiger partial charge in [0.05, 0.1) is 14.2 Å². The smallest absolute Gasteiger partial charge is 0.277 e. The molecule has 0 radical (unpaired) electrons. The monoisotopic (exact) mass is 447 g/mol. The second-order valence-corrected chi connectivity index (χ2v) is 7.79. The van der Waals surface area contributed by atoms with Crippen molar-refractivity contribution in [3.8, 4) is 23.0 Å². The third kappa shape index (κ3) is 5.09. The molecule has 3 aromatic carbocycles. The van der Waals surface area contributed by atoms with Crippen LogP contribution in [0.4, 0.5) is 5.69 Å². The summed E-state index contributed by atoms with van der Waals surface area (Å²) in [5.41, 5.74) is 2.23. The molecule has 0 aliphatic carbocycles. The number of nitrogens with zero attached hydrogens (tertiary/aromatic N) is 2. The van der Waals surface area contributed by atoms with Crippen molar-refractivity contribution in [3.05, 3.63) is 84.4 Å². The van der Waals surface area contributed by atoms with Crippen molar-refractivity contribution in [3.63, 3.8) is 0 Å². The van der Waals surface area contributed by atoms with Gasteiger partial charge >= 0.3 is 0 Å². The van der Waals surface area contributed by atoms with Crippen LogP contribution in [0, 0.1) is 0 Å². The Morgan fingerprint density at radius 3 is 2.38 bits per heavy atom. The summed E-state index contributed by atoms with van der Waals surface area (Å²) in [6.07, 6.45) is 0. The summed E-state index contributed by atoms with van der Waals surface area (Å²) >= 11 is 1.19. The fraction of sp³-hybridized carbons (Fsp3) is 0.125. The average Bonchev–Trinajstić information content (AvgIpc) is 3.32. The van der Waals surface area contributed by atoms with E-state index in [1.807, 2.05) is 72.8 Å². The summed E-state index contributed by atoms with van der Waals surface area (Å²) in [4.78, 5) is 13.2. The lowest BCUT2D eigenvalue weighted by Crippen LogP contribution is -2.19. The predicted octanol–water partition coefficient (Wildman–Crippen LogP) is 5.23. The number of thioether (sulfide) groups is 1. The number of rotatable bonds is 8. The number of anilines is 1. The molecule has 0 saturated carbocycles. The van der Waals surface area contributed by atoms with E-state index in [1.54, 1.807) is 20.3 Å². The van der Waals surface area contributed by atoms with Crippen LogP contribution in [-0.2, 0) is 4.79 Å². The number of ether oxygens (including phenoxy) is 2. The van der Waals surface area contributed by atoms with Crippen LogP contribution in [0.15, 0.2) is 88.5 Å². The molecule has 0 fully saturated rings. The van der Waals surface area contributed by atoms with Gasteiger partial charge in [-0.25, -0.2) is 0 Å². The summed E-state index contributed by atoms with van der Waals surface area (Å²) < 4.78 is 16.2. The van der Waals surface area contributed by atoms with Crippen LogP contribution in [0.3, 0.4) is 0 Å². The van der Waals surface area contributed by atoms with Gasteiger partial charge in [0.2, 0.25) is 11.8 Å². The number of hydrogen-bond donors (Lipinski definition) is 1. The molecule has 0 bridgehead atoms. The molecular weight excluding hydrogens is 426 g/mol. The molecule has 1 atom stereocenters. The summed E-state index contributed by atoms with van der Waals surface area (Å²) in [6, 6.07) is 24.0. The van der Waals surface area contributed by atoms with E-state index >= 15 is 0 Å². The topological polar surface area (TPSA) is 86.5 Å².